The smallest absolute Gasteiger partial charge is 0.330 e. The van der Waals surface area contributed by atoms with Crippen molar-refractivity contribution in [1.29, 1.82) is 0 Å². The lowest BCUT2D eigenvalue weighted by molar-refractivity contribution is -0.142. The van der Waals surface area contributed by atoms with Gasteiger partial charge in [-0.15, -0.1) is 0 Å². The first-order valence-electron chi connectivity index (χ1n) is 5.12. The molecule has 1 atom stereocenters. The number of carbonyl (C=O) groups is 2. The summed E-state index contributed by atoms with van der Waals surface area (Å²) >= 11 is 0. The maximum atomic E-state index is 12.8. The van der Waals surface area contributed by atoms with Crippen molar-refractivity contribution in [2.24, 2.45) is 5.73 Å². The van der Waals surface area contributed by atoms with E-state index < -0.39 is 29.6 Å². The average molecular weight is 258 g/mol. The molecular weight excluding hydrogens is 246 g/mol. The molecule has 98 valence electrons. The zero-order chi connectivity index (χ0) is 13.7. The molecule has 1 rings (SSSR count). The summed E-state index contributed by atoms with van der Waals surface area (Å²) in [5.41, 5.74) is 5.55. The molecule has 0 bridgehead atoms. The summed E-state index contributed by atoms with van der Waals surface area (Å²) in [5.74, 6) is -4.18. The molecule has 0 aliphatic carbocycles. The Kier molecular flexibility index (Phi) is 4.73. The third-order valence-electron chi connectivity index (χ3n) is 2.25. The molecule has 0 aliphatic heterocycles. The fourth-order valence-corrected chi connectivity index (χ4v) is 1.25. The zero-order valence-electron chi connectivity index (χ0n) is 9.32. The molecule has 1 unspecified atom stereocenters. The van der Waals surface area contributed by atoms with Crippen LogP contribution in [-0.2, 0) is 16.0 Å². The van der Waals surface area contributed by atoms with Gasteiger partial charge in [-0.2, -0.15) is 0 Å². The van der Waals surface area contributed by atoms with Crippen LogP contribution in [0.2, 0.25) is 0 Å². The van der Waals surface area contributed by atoms with Gasteiger partial charge in [0.1, 0.15) is 0 Å². The highest BCUT2D eigenvalue weighted by Gasteiger charge is 2.20. The monoisotopic (exact) mass is 258 g/mol. The third kappa shape index (κ3) is 3.77. The number of nitrogens with two attached hydrogens (primary N) is 1. The summed E-state index contributed by atoms with van der Waals surface area (Å²) in [6.45, 7) is 0.0882. The molecule has 4 N–H and O–H groups in total. The molecule has 0 fully saturated rings. The van der Waals surface area contributed by atoms with Crippen LogP contribution >= 0.6 is 0 Å². The van der Waals surface area contributed by atoms with E-state index in [-0.39, 0.29) is 13.0 Å². The Morgan fingerprint density at radius 2 is 2.00 bits per heavy atom. The van der Waals surface area contributed by atoms with Crippen LogP contribution in [0.5, 0.6) is 0 Å². The Labute approximate surface area is 102 Å². The summed E-state index contributed by atoms with van der Waals surface area (Å²) in [6, 6.07) is 1.74. The summed E-state index contributed by atoms with van der Waals surface area (Å²) < 4.78 is 25.5. The zero-order valence-corrected chi connectivity index (χ0v) is 9.32. The van der Waals surface area contributed by atoms with E-state index in [1.54, 1.807) is 0 Å². The highest BCUT2D eigenvalue weighted by Crippen LogP contribution is 2.08. The molecule has 5 nitrogen and oxygen atoms in total. The Hall–Kier alpha value is -2.02. The number of rotatable bonds is 5. The van der Waals surface area contributed by atoms with Gasteiger partial charge in [0.25, 0.3) is 0 Å². The van der Waals surface area contributed by atoms with Crippen molar-refractivity contribution in [3.63, 3.8) is 0 Å². The number of benzene rings is 1. The second-order valence-electron chi connectivity index (χ2n) is 3.61. The van der Waals surface area contributed by atoms with Crippen LogP contribution in [0.3, 0.4) is 0 Å². The first-order chi connectivity index (χ1) is 8.41. The lowest BCUT2D eigenvalue weighted by Gasteiger charge is -2.08. The lowest BCUT2D eigenvalue weighted by atomic mass is 10.1. The van der Waals surface area contributed by atoms with Gasteiger partial charge in [0.2, 0.25) is 5.91 Å². The molecule has 0 heterocycles. The van der Waals surface area contributed by atoms with Crippen molar-refractivity contribution in [3.8, 4) is 0 Å². The number of amides is 1. The topological polar surface area (TPSA) is 92.4 Å². The number of hydrogen-bond donors (Lipinski definition) is 3. The van der Waals surface area contributed by atoms with E-state index in [1.807, 2.05) is 0 Å². The van der Waals surface area contributed by atoms with Crippen LogP contribution in [0.25, 0.3) is 0 Å². The highest BCUT2D eigenvalue weighted by molar-refractivity contribution is 6.00. The van der Waals surface area contributed by atoms with Gasteiger partial charge in [-0.3, -0.25) is 4.79 Å². The number of halogens is 2. The fourth-order valence-electron chi connectivity index (χ4n) is 1.25. The quantitative estimate of drug-likeness (QED) is 0.650. The van der Waals surface area contributed by atoms with Gasteiger partial charge in [-0.1, -0.05) is 6.07 Å². The van der Waals surface area contributed by atoms with E-state index in [0.29, 0.717) is 5.56 Å². The first-order valence-corrected chi connectivity index (χ1v) is 5.12. The van der Waals surface area contributed by atoms with Crippen LogP contribution in [0.4, 0.5) is 8.78 Å². The molecule has 0 saturated carbocycles. The number of carboxylic acid groups (broad SMARTS) is 1. The second kappa shape index (κ2) is 6.06. The van der Waals surface area contributed by atoms with Gasteiger partial charge in [0.15, 0.2) is 17.7 Å². The summed E-state index contributed by atoms with van der Waals surface area (Å²) in [7, 11) is 0. The molecule has 0 aliphatic rings. The van der Waals surface area contributed by atoms with Gasteiger partial charge in [0, 0.05) is 6.54 Å². The summed E-state index contributed by atoms with van der Waals surface area (Å²) in [4.78, 5) is 21.5. The van der Waals surface area contributed by atoms with E-state index in [2.05, 4.69) is 5.32 Å². The maximum absolute atomic E-state index is 12.8. The first kappa shape index (κ1) is 14.0. The molecule has 0 spiro atoms. The predicted molar refractivity (Wildman–Crippen MR) is 58.7 cm³/mol. The molecule has 1 aromatic carbocycles. The molecule has 0 aromatic heterocycles. The highest BCUT2D eigenvalue weighted by atomic mass is 19.2. The molecular formula is C11H12F2N2O3. The molecule has 1 amide bonds. The molecule has 18 heavy (non-hydrogen) atoms. The standard InChI is InChI=1S/C11H12F2N2O3/c12-7-2-1-6(5-8(7)13)3-4-15-10(16)9(14)11(17)18/h1-2,5,9H,3-4,14H2,(H,15,16)(H,17,18). The van der Waals surface area contributed by atoms with Crippen LogP contribution in [0.15, 0.2) is 18.2 Å². The normalized spacial score (nSPS) is 11.9. The minimum atomic E-state index is -1.63. The minimum absolute atomic E-state index is 0.0882. The van der Waals surface area contributed by atoms with E-state index in [0.717, 1.165) is 12.1 Å². The number of hydrogen-bond acceptors (Lipinski definition) is 3. The summed E-state index contributed by atoms with van der Waals surface area (Å²) in [5, 5.41) is 10.7. The van der Waals surface area contributed by atoms with Crippen molar-refractivity contribution < 1.29 is 23.5 Å². The number of carbonyl (C=O) groups excluding carboxylic acids is 1. The van der Waals surface area contributed by atoms with Crippen molar-refractivity contribution in [1.82, 2.24) is 5.32 Å². The fraction of sp³-hybridized carbons (Fsp3) is 0.273. The van der Waals surface area contributed by atoms with Crippen molar-refractivity contribution >= 4 is 11.9 Å². The van der Waals surface area contributed by atoms with Crippen molar-refractivity contribution in [3.05, 3.63) is 35.4 Å². The minimum Gasteiger partial charge on any atom is -0.480 e. The maximum Gasteiger partial charge on any atom is 0.330 e. The number of nitrogens with one attached hydrogen (secondary N) is 1. The molecule has 0 radical (unpaired) electrons. The van der Waals surface area contributed by atoms with E-state index in [4.69, 9.17) is 10.8 Å². The van der Waals surface area contributed by atoms with Crippen LogP contribution in [-0.4, -0.2) is 29.6 Å². The van der Waals surface area contributed by atoms with E-state index >= 15 is 0 Å². The Balaban J connectivity index is 2.44. The molecule has 0 saturated heterocycles. The second-order valence-corrected chi connectivity index (χ2v) is 3.61. The SMILES string of the molecule is NC(C(=O)O)C(=O)NCCc1ccc(F)c(F)c1. The molecule has 7 heteroatoms. The molecule has 1 aromatic rings. The van der Waals surface area contributed by atoms with Crippen LogP contribution < -0.4 is 11.1 Å². The Bertz CT molecular complexity index is 466. The largest absolute Gasteiger partial charge is 0.480 e. The third-order valence-corrected chi connectivity index (χ3v) is 2.25. The van der Waals surface area contributed by atoms with Gasteiger partial charge < -0.3 is 16.2 Å². The average Bonchev–Trinajstić information content (AvgIpc) is 2.32. The van der Waals surface area contributed by atoms with Gasteiger partial charge in [-0.25, -0.2) is 13.6 Å². The van der Waals surface area contributed by atoms with Gasteiger partial charge in [0.05, 0.1) is 0 Å². The number of aliphatic carboxylic acids is 1. The van der Waals surface area contributed by atoms with Crippen molar-refractivity contribution in [2.75, 3.05) is 6.54 Å². The van der Waals surface area contributed by atoms with Crippen LogP contribution in [0.1, 0.15) is 5.56 Å². The predicted octanol–water partition coefficient (Wildman–Crippen LogP) is 0.0354. The van der Waals surface area contributed by atoms with E-state index in [9.17, 15) is 18.4 Å². The Morgan fingerprint density at radius 1 is 1.33 bits per heavy atom. The number of carboxylic acids is 1. The Morgan fingerprint density at radius 3 is 2.56 bits per heavy atom. The van der Waals surface area contributed by atoms with Gasteiger partial charge in [-0.05, 0) is 24.1 Å². The van der Waals surface area contributed by atoms with Crippen LogP contribution in [0, 0.1) is 11.6 Å². The van der Waals surface area contributed by atoms with Gasteiger partial charge >= 0.3 is 5.97 Å². The van der Waals surface area contributed by atoms with E-state index in [1.165, 1.54) is 6.07 Å². The lowest BCUT2D eigenvalue weighted by Crippen LogP contribution is -2.46. The van der Waals surface area contributed by atoms with Crippen molar-refractivity contribution in [2.45, 2.75) is 12.5 Å². The summed E-state index contributed by atoms with van der Waals surface area (Å²) in [6.07, 6.45) is 0.245.